The molecule has 3 heteroatoms. The molecule has 1 aromatic carbocycles. The van der Waals surface area contributed by atoms with Crippen molar-refractivity contribution in [1.29, 1.82) is 0 Å². The number of phenols is 1. The normalized spacial score (nSPS) is 29.2. The van der Waals surface area contributed by atoms with Crippen molar-refractivity contribution in [3.8, 4) is 5.75 Å². The lowest BCUT2D eigenvalue weighted by molar-refractivity contribution is -0.103. The highest BCUT2D eigenvalue weighted by Gasteiger charge is 2.34. The molecule has 0 radical (unpaired) electrons. The van der Waals surface area contributed by atoms with Crippen molar-refractivity contribution in [1.82, 2.24) is 0 Å². The van der Waals surface area contributed by atoms with Gasteiger partial charge in [-0.2, -0.15) is 0 Å². The number of allylic oxidation sites excluding steroid dienone is 1. The SMILES string of the molecule is C=C(C)[C@@H]1CC[C@](C)(O)[C@H](C)OCc2cc(CCCCC)cc(O)c2[C@H]1C. The minimum absolute atomic E-state index is 0.134. The average molecular weight is 375 g/mol. The van der Waals surface area contributed by atoms with Crippen LogP contribution in [-0.2, 0) is 17.8 Å². The van der Waals surface area contributed by atoms with Crippen molar-refractivity contribution in [3.05, 3.63) is 41.0 Å². The number of rotatable bonds is 5. The third-order valence-corrected chi connectivity index (χ3v) is 6.39. The molecule has 27 heavy (non-hydrogen) atoms. The minimum Gasteiger partial charge on any atom is -0.508 e. The van der Waals surface area contributed by atoms with E-state index >= 15 is 0 Å². The number of benzene rings is 1. The fraction of sp³-hybridized carbons (Fsp3) is 0.667. The molecule has 0 saturated heterocycles. The summed E-state index contributed by atoms with van der Waals surface area (Å²) in [4.78, 5) is 0. The lowest BCUT2D eigenvalue weighted by Gasteiger charge is -2.36. The average Bonchev–Trinajstić information content (AvgIpc) is 2.58. The van der Waals surface area contributed by atoms with Gasteiger partial charge >= 0.3 is 0 Å². The van der Waals surface area contributed by atoms with Gasteiger partial charge in [0.25, 0.3) is 0 Å². The Hall–Kier alpha value is -1.32. The Balaban J connectivity index is 2.44. The molecule has 3 nitrogen and oxygen atoms in total. The zero-order chi connectivity index (χ0) is 20.2. The van der Waals surface area contributed by atoms with Gasteiger partial charge in [-0.3, -0.25) is 0 Å². The first-order valence-corrected chi connectivity index (χ1v) is 10.5. The van der Waals surface area contributed by atoms with Crippen molar-refractivity contribution in [2.24, 2.45) is 5.92 Å². The summed E-state index contributed by atoms with van der Waals surface area (Å²) >= 11 is 0. The zero-order valence-corrected chi connectivity index (χ0v) is 17.8. The number of ether oxygens (including phenoxy) is 1. The molecule has 1 aliphatic heterocycles. The van der Waals surface area contributed by atoms with E-state index < -0.39 is 5.60 Å². The van der Waals surface area contributed by atoms with Gasteiger partial charge in [0.15, 0.2) is 0 Å². The highest BCUT2D eigenvalue weighted by molar-refractivity contribution is 5.46. The van der Waals surface area contributed by atoms with Gasteiger partial charge in [-0.25, -0.2) is 0 Å². The van der Waals surface area contributed by atoms with Crippen LogP contribution in [0.1, 0.15) is 89.3 Å². The van der Waals surface area contributed by atoms with Crippen molar-refractivity contribution < 1.29 is 14.9 Å². The quantitative estimate of drug-likeness (QED) is 0.500. The summed E-state index contributed by atoms with van der Waals surface area (Å²) in [6.45, 7) is 14.8. The van der Waals surface area contributed by atoms with E-state index in [-0.39, 0.29) is 17.9 Å². The van der Waals surface area contributed by atoms with E-state index in [1.54, 1.807) is 0 Å². The van der Waals surface area contributed by atoms with Crippen LogP contribution in [0.5, 0.6) is 5.75 Å². The minimum atomic E-state index is -0.869. The molecule has 0 unspecified atom stereocenters. The van der Waals surface area contributed by atoms with Gasteiger partial charge in [-0.15, -0.1) is 0 Å². The molecule has 152 valence electrons. The van der Waals surface area contributed by atoms with Gasteiger partial charge in [-0.05, 0) is 75.5 Å². The van der Waals surface area contributed by atoms with Crippen LogP contribution in [0, 0.1) is 5.92 Å². The number of phenolic OH excluding ortho intramolecular Hbond substituents is 1. The largest absolute Gasteiger partial charge is 0.508 e. The molecule has 0 aliphatic carbocycles. The van der Waals surface area contributed by atoms with Crippen LogP contribution in [-0.4, -0.2) is 21.9 Å². The molecule has 1 aromatic rings. The fourth-order valence-electron chi connectivity index (χ4n) is 4.30. The maximum atomic E-state index is 10.9. The summed E-state index contributed by atoms with van der Waals surface area (Å²) in [5.74, 6) is 0.730. The molecule has 4 atom stereocenters. The number of unbranched alkanes of at least 4 members (excludes halogenated alkanes) is 2. The first-order valence-electron chi connectivity index (χ1n) is 10.5. The molecule has 0 bridgehead atoms. The Morgan fingerprint density at radius 3 is 2.63 bits per heavy atom. The molecule has 1 heterocycles. The Morgan fingerprint density at radius 1 is 1.30 bits per heavy atom. The Labute approximate surface area is 165 Å². The maximum absolute atomic E-state index is 10.9. The lowest BCUT2D eigenvalue weighted by atomic mass is 9.76. The molecule has 1 aliphatic rings. The predicted octanol–water partition coefficient (Wildman–Crippen LogP) is 5.87. The third-order valence-electron chi connectivity index (χ3n) is 6.39. The van der Waals surface area contributed by atoms with Gasteiger partial charge in [0.2, 0.25) is 0 Å². The molecular formula is C24H38O3. The van der Waals surface area contributed by atoms with E-state index in [4.69, 9.17) is 4.74 Å². The van der Waals surface area contributed by atoms with Gasteiger partial charge < -0.3 is 14.9 Å². The smallest absolute Gasteiger partial charge is 0.119 e. The van der Waals surface area contributed by atoms with Crippen LogP contribution in [0.25, 0.3) is 0 Å². The second-order valence-corrected chi connectivity index (χ2v) is 8.74. The molecule has 0 amide bonds. The van der Waals surface area contributed by atoms with Gasteiger partial charge in [0.1, 0.15) is 5.75 Å². The third kappa shape index (κ3) is 5.36. The van der Waals surface area contributed by atoms with Crippen LogP contribution in [0.2, 0.25) is 0 Å². The number of aromatic hydroxyl groups is 1. The highest BCUT2D eigenvalue weighted by atomic mass is 16.5. The second kappa shape index (κ2) is 9.25. The van der Waals surface area contributed by atoms with Crippen LogP contribution in [0.15, 0.2) is 24.3 Å². The lowest BCUT2D eigenvalue weighted by Crippen LogP contribution is -2.40. The highest BCUT2D eigenvalue weighted by Crippen LogP contribution is 2.42. The first-order chi connectivity index (χ1) is 12.7. The topological polar surface area (TPSA) is 49.7 Å². The molecule has 0 spiro atoms. The fourth-order valence-corrected chi connectivity index (χ4v) is 4.30. The van der Waals surface area contributed by atoms with Crippen molar-refractivity contribution in [2.75, 3.05) is 0 Å². The summed E-state index contributed by atoms with van der Waals surface area (Å²) in [7, 11) is 0. The van der Waals surface area contributed by atoms with E-state index in [1.165, 1.54) is 18.4 Å². The van der Waals surface area contributed by atoms with Crippen molar-refractivity contribution in [3.63, 3.8) is 0 Å². The van der Waals surface area contributed by atoms with Crippen molar-refractivity contribution in [2.45, 2.75) is 97.4 Å². The summed E-state index contributed by atoms with van der Waals surface area (Å²) in [6.07, 6.45) is 5.70. The molecular weight excluding hydrogens is 336 g/mol. The van der Waals surface area contributed by atoms with Crippen LogP contribution in [0.4, 0.5) is 0 Å². The molecule has 2 N–H and O–H groups in total. The van der Waals surface area contributed by atoms with Crippen molar-refractivity contribution >= 4 is 0 Å². The van der Waals surface area contributed by atoms with E-state index in [0.717, 1.165) is 36.0 Å². The zero-order valence-electron chi connectivity index (χ0n) is 17.8. The number of hydrogen-bond acceptors (Lipinski definition) is 3. The number of aliphatic hydroxyl groups is 1. The number of aryl methyl sites for hydroxylation is 1. The molecule has 2 rings (SSSR count). The second-order valence-electron chi connectivity index (χ2n) is 8.74. The predicted molar refractivity (Wildman–Crippen MR) is 112 cm³/mol. The van der Waals surface area contributed by atoms with E-state index in [1.807, 2.05) is 19.9 Å². The van der Waals surface area contributed by atoms with E-state index in [2.05, 4.69) is 33.4 Å². The Kier molecular flexibility index (Phi) is 7.53. The monoisotopic (exact) mass is 374 g/mol. The first kappa shape index (κ1) is 22.0. The van der Waals surface area contributed by atoms with Crippen LogP contribution >= 0.6 is 0 Å². The summed E-state index contributed by atoms with van der Waals surface area (Å²) in [5, 5.41) is 21.7. The molecule has 0 saturated carbocycles. The number of hydrogen-bond donors (Lipinski definition) is 2. The Morgan fingerprint density at radius 2 is 2.00 bits per heavy atom. The number of fused-ring (bicyclic) bond motifs is 1. The maximum Gasteiger partial charge on any atom is 0.119 e. The van der Waals surface area contributed by atoms with Crippen LogP contribution < -0.4 is 0 Å². The summed E-state index contributed by atoms with van der Waals surface area (Å²) in [6, 6.07) is 4.13. The molecule has 0 fully saturated rings. The van der Waals surface area contributed by atoms with Crippen LogP contribution in [0.3, 0.4) is 0 Å². The van der Waals surface area contributed by atoms with E-state index in [9.17, 15) is 10.2 Å². The van der Waals surface area contributed by atoms with Gasteiger partial charge in [0.05, 0.1) is 18.3 Å². The van der Waals surface area contributed by atoms with Gasteiger partial charge in [-0.1, -0.05) is 44.9 Å². The van der Waals surface area contributed by atoms with Gasteiger partial charge in [0, 0.05) is 5.56 Å². The summed E-state index contributed by atoms with van der Waals surface area (Å²) < 4.78 is 6.06. The summed E-state index contributed by atoms with van der Waals surface area (Å²) in [5.41, 5.74) is 3.43. The van der Waals surface area contributed by atoms with E-state index in [0.29, 0.717) is 18.8 Å². The molecule has 0 aromatic heterocycles. The standard InChI is InChI=1S/C24H38O3/c1-7-8-9-10-19-13-20-15-27-18(5)24(6,26)12-11-21(16(2)3)17(4)23(20)22(25)14-19/h13-14,17-18,21,25-26H,2,7-12,15H2,1,3-6H3/t17-,18-,21-,24-/m0/s1. The Bertz CT molecular complexity index is 647.